The summed E-state index contributed by atoms with van der Waals surface area (Å²) in [7, 11) is 0. The first kappa shape index (κ1) is 17.7. The van der Waals surface area contributed by atoms with Crippen molar-refractivity contribution >= 4 is 11.6 Å². The molecule has 1 atom stereocenters. The molecule has 1 rings (SSSR count). The molecule has 0 aliphatic rings. The Morgan fingerprint density at radius 1 is 1.10 bits per heavy atom. The lowest BCUT2D eigenvalue weighted by atomic mass is 10.0. The SMILES string of the molecule is CCCNc1nc(CC)nc(NCC(CC)CCO)c1C. The van der Waals surface area contributed by atoms with Crippen molar-refractivity contribution in [2.45, 2.75) is 53.4 Å². The third-order valence-corrected chi connectivity index (χ3v) is 3.72. The van der Waals surface area contributed by atoms with Gasteiger partial charge < -0.3 is 15.7 Å². The van der Waals surface area contributed by atoms with Crippen molar-refractivity contribution in [3.63, 3.8) is 0 Å². The van der Waals surface area contributed by atoms with E-state index in [2.05, 4.69) is 41.4 Å². The summed E-state index contributed by atoms with van der Waals surface area (Å²) >= 11 is 0. The van der Waals surface area contributed by atoms with Crippen LogP contribution in [-0.4, -0.2) is 34.8 Å². The number of nitrogens with one attached hydrogen (secondary N) is 2. The predicted octanol–water partition coefficient (Wildman–Crippen LogP) is 2.99. The van der Waals surface area contributed by atoms with Crippen LogP contribution in [0, 0.1) is 12.8 Å². The second-order valence-corrected chi connectivity index (χ2v) is 5.41. The van der Waals surface area contributed by atoms with Crippen LogP contribution in [0.15, 0.2) is 0 Å². The summed E-state index contributed by atoms with van der Waals surface area (Å²) in [5, 5.41) is 15.9. The Labute approximate surface area is 128 Å². The highest BCUT2D eigenvalue weighted by Crippen LogP contribution is 2.21. The van der Waals surface area contributed by atoms with E-state index in [1.807, 2.05) is 6.92 Å². The second kappa shape index (κ2) is 9.55. The molecule has 0 saturated heterocycles. The number of aliphatic hydroxyl groups excluding tert-OH is 1. The number of hydrogen-bond donors (Lipinski definition) is 3. The molecule has 0 radical (unpaired) electrons. The molecule has 0 fully saturated rings. The van der Waals surface area contributed by atoms with Crippen LogP contribution in [0.2, 0.25) is 0 Å². The van der Waals surface area contributed by atoms with Gasteiger partial charge in [0.15, 0.2) is 0 Å². The molecular formula is C16H30N4O. The van der Waals surface area contributed by atoms with Crippen LogP contribution in [0.5, 0.6) is 0 Å². The first-order valence-corrected chi connectivity index (χ1v) is 8.12. The summed E-state index contributed by atoms with van der Waals surface area (Å²) < 4.78 is 0. The Bertz CT molecular complexity index is 423. The largest absolute Gasteiger partial charge is 0.396 e. The lowest BCUT2D eigenvalue weighted by molar-refractivity contribution is 0.258. The number of hydrogen-bond acceptors (Lipinski definition) is 5. The van der Waals surface area contributed by atoms with E-state index in [4.69, 9.17) is 5.11 Å². The maximum atomic E-state index is 9.08. The fraction of sp³-hybridized carbons (Fsp3) is 0.750. The summed E-state index contributed by atoms with van der Waals surface area (Å²) in [5.41, 5.74) is 1.07. The second-order valence-electron chi connectivity index (χ2n) is 5.41. The Balaban J connectivity index is 2.84. The Kier molecular flexibility index (Phi) is 8.05. The Morgan fingerprint density at radius 2 is 1.76 bits per heavy atom. The number of aliphatic hydroxyl groups is 1. The quantitative estimate of drug-likeness (QED) is 0.619. The van der Waals surface area contributed by atoms with Gasteiger partial charge in [0.1, 0.15) is 17.5 Å². The lowest BCUT2D eigenvalue weighted by Crippen LogP contribution is -2.18. The zero-order valence-corrected chi connectivity index (χ0v) is 13.9. The molecule has 0 aliphatic carbocycles. The highest BCUT2D eigenvalue weighted by atomic mass is 16.3. The van der Waals surface area contributed by atoms with E-state index in [0.29, 0.717) is 5.92 Å². The number of nitrogens with zero attached hydrogens (tertiary/aromatic N) is 2. The fourth-order valence-corrected chi connectivity index (χ4v) is 2.18. The highest BCUT2D eigenvalue weighted by Gasteiger charge is 2.12. The Hall–Kier alpha value is -1.36. The molecule has 3 N–H and O–H groups in total. The normalized spacial score (nSPS) is 12.2. The molecule has 5 heteroatoms. The molecule has 1 heterocycles. The summed E-state index contributed by atoms with van der Waals surface area (Å²) in [4.78, 5) is 9.17. The van der Waals surface area contributed by atoms with Crippen molar-refractivity contribution in [2.75, 3.05) is 30.3 Å². The van der Waals surface area contributed by atoms with Gasteiger partial charge in [-0.25, -0.2) is 9.97 Å². The first-order chi connectivity index (χ1) is 10.2. The molecule has 5 nitrogen and oxygen atoms in total. The topological polar surface area (TPSA) is 70.1 Å². The van der Waals surface area contributed by atoms with Gasteiger partial charge in [0.2, 0.25) is 0 Å². The summed E-state index contributed by atoms with van der Waals surface area (Å²) in [5.74, 6) is 3.18. The van der Waals surface area contributed by atoms with Crippen LogP contribution in [0.1, 0.15) is 51.4 Å². The van der Waals surface area contributed by atoms with Crippen LogP contribution in [-0.2, 0) is 6.42 Å². The molecule has 0 amide bonds. The first-order valence-electron chi connectivity index (χ1n) is 8.12. The molecule has 1 unspecified atom stereocenters. The molecule has 120 valence electrons. The molecule has 0 aliphatic heterocycles. The van der Waals surface area contributed by atoms with Gasteiger partial charge in [-0.3, -0.25) is 0 Å². The van der Waals surface area contributed by atoms with Gasteiger partial charge in [0.25, 0.3) is 0 Å². The van der Waals surface area contributed by atoms with E-state index in [-0.39, 0.29) is 6.61 Å². The van der Waals surface area contributed by atoms with E-state index < -0.39 is 0 Å². The standard InChI is InChI=1S/C16H30N4O/c1-5-9-17-15-12(4)16(20-14(7-3)19-15)18-11-13(6-2)8-10-21/h13,21H,5-11H2,1-4H3,(H2,17,18,19,20). The van der Waals surface area contributed by atoms with Gasteiger partial charge in [0, 0.05) is 31.7 Å². The smallest absolute Gasteiger partial charge is 0.134 e. The average Bonchev–Trinajstić information content (AvgIpc) is 2.51. The number of aromatic nitrogens is 2. The average molecular weight is 294 g/mol. The summed E-state index contributed by atoms with van der Waals surface area (Å²) in [6.07, 6.45) is 3.78. The molecule has 0 spiro atoms. The Morgan fingerprint density at radius 3 is 2.29 bits per heavy atom. The van der Waals surface area contributed by atoms with E-state index in [9.17, 15) is 0 Å². The van der Waals surface area contributed by atoms with Gasteiger partial charge in [-0.05, 0) is 25.7 Å². The minimum absolute atomic E-state index is 0.243. The molecule has 1 aromatic rings. The number of anilines is 2. The zero-order chi connectivity index (χ0) is 15.7. The van der Waals surface area contributed by atoms with Gasteiger partial charge >= 0.3 is 0 Å². The van der Waals surface area contributed by atoms with E-state index >= 15 is 0 Å². The van der Waals surface area contributed by atoms with Crippen molar-refractivity contribution in [2.24, 2.45) is 5.92 Å². The maximum Gasteiger partial charge on any atom is 0.134 e. The number of aryl methyl sites for hydroxylation is 1. The van der Waals surface area contributed by atoms with Crippen LogP contribution >= 0.6 is 0 Å². The zero-order valence-electron chi connectivity index (χ0n) is 13.9. The minimum atomic E-state index is 0.243. The van der Waals surface area contributed by atoms with Crippen LogP contribution < -0.4 is 10.6 Å². The molecule has 21 heavy (non-hydrogen) atoms. The van der Waals surface area contributed by atoms with Crippen molar-refractivity contribution in [3.8, 4) is 0 Å². The van der Waals surface area contributed by atoms with Crippen molar-refractivity contribution in [1.82, 2.24) is 9.97 Å². The third-order valence-electron chi connectivity index (χ3n) is 3.72. The van der Waals surface area contributed by atoms with E-state index in [1.165, 1.54) is 0 Å². The third kappa shape index (κ3) is 5.50. The molecule has 1 aromatic heterocycles. The highest BCUT2D eigenvalue weighted by molar-refractivity contribution is 5.57. The van der Waals surface area contributed by atoms with E-state index in [0.717, 1.165) is 61.8 Å². The molecule has 0 aromatic carbocycles. The summed E-state index contributed by atoms with van der Waals surface area (Å²) in [6, 6.07) is 0. The van der Waals surface area contributed by atoms with Gasteiger partial charge in [-0.15, -0.1) is 0 Å². The van der Waals surface area contributed by atoms with Crippen LogP contribution in [0.25, 0.3) is 0 Å². The lowest BCUT2D eigenvalue weighted by Gasteiger charge is -2.18. The molecule has 0 saturated carbocycles. The number of rotatable bonds is 10. The van der Waals surface area contributed by atoms with Crippen molar-refractivity contribution < 1.29 is 5.11 Å². The van der Waals surface area contributed by atoms with E-state index in [1.54, 1.807) is 0 Å². The van der Waals surface area contributed by atoms with Crippen molar-refractivity contribution in [1.29, 1.82) is 0 Å². The van der Waals surface area contributed by atoms with Crippen LogP contribution in [0.4, 0.5) is 11.6 Å². The van der Waals surface area contributed by atoms with Gasteiger partial charge in [-0.2, -0.15) is 0 Å². The van der Waals surface area contributed by atoms with Gasteiger partial charge in [0.05, 0.1) is 0 Å². The monoisotopic (exact) mass is 294 g/mol. The molecule has 0 bridgehead atoms. The van der Waals surface area contributed by atoms with Crippen molar-refractivity contribution in [3.05, 3.63) is 11.4 Å². The maximum absolute atomic E-state index is 9.08. The summed E-state index contributed by atoms with van der Waals surface area (Å²) in [6.45, 7) is 10.4. The van der Waals surface area contributed by atoms with Gasteiger partial charge in [-0.1, -0.05) is 27.2 Å². The fourth-order valence-electron chi connectivity index (χ4n) is 2.18. The predicted molar refractivity (Wildman–Crippen MR) is 88.9 cm³/mol. The minimum Gasteiger partial charge on any atom is -0.396 e. The molecular weight excluding hydrogens is 264 g/mol. The van der Waals surface area contributed by atoms with Crippen LogP contribution in [0.3, 0.4) is 0 Å².